The Labute approximate surface area is 102 Å². The highest BCUT2D eigenvalue weighted by molar-refractivity contribution is 5.91. The van der Waals surface area contributed by atoms with Crippen molar-refractivity contribution >= 4 is 23.3 Å². The summed E-state index contributed by atoms with van der Waals surface area (Å²) >= 11 is 0. The van der Waals surface area contributed by atoms with E-state index in [1.54, 1.807) is 0 Å². The number of amides is 1. The number of rotatable bonds is 5. The number of nitrogens with one attached hydrogen (secondary N) is 1. The third-order valence-corrected chi connectivity index (χ3v) is 2.24. The number of hydrogen-bond acceptors (Lipinski definition) is 5. The predicted molar refractivity (Wildman–Crippen MR) is 62.3 cm³/mol. The molecule has 1 amide bonds. The van der Waals surface area contributed by atoms with Gasteiger partial charge >= 0.3 is 5.97 Å². The highest BCUT2D eigenvalue weighted by Gasteiger charge is 2.19. The molecular formula is C10H11N3O5. The van der Waals surface area contributed by atoms with Crippen LogP contribution in [0.2, 0.25) is 0 Å². The van der Waals surface area contributed by atoms with Crippen LogP contribution >= 0.6 is 0 Å². The van der Waals surface area contributed by atoms with Gasteiger partial charge in [0, 0.05) is 6.07 Å². The second kappa shape index (κ2) is 5.13. The van der Waals surface area contributed by atoms with Crippen LogP contribution in [0.5, 0.6) is 0 Å². The highest BCUT2D eigenvalue weighted by atomic mass is 16.6. The second-order valence-corrected chi connectivity index (χ2v) is 3.56. The maximum Gasteiger partial charge on any atom is 0.335 e. The second-order valence-electron chi connectivity index (χ2n) is 3.56. The Morgan fingerprint density at radius 3 is 2.56 bits per heavy atom. The quantitative estimate of drug-likeness (QED) is 0.518. The van der Waals surface area contributed by atoms with Gasteiger partial charge in [-0.15, -0.1) is 0 Å². The monoisotopic (exact) mass is 253 g/mol. The summed E-state index contributed by atoms with van der Waals surface area (Å²) in [7, 11) is 0. The maximum atomic E-state index is 10.9. The van der Waals surface area contributed by atoms with Gasteiger partial charge < -0.3 is 16.2 Å². The van der Waals surface area contributed by atoms with E-state index in [4.69, 9.17) is 10.8 Å². The van der Waals surface area contributed by atoms with Crippen molar-refractivity contribution in [3.63, 3.8) is 0 Å². The highest BCUT2D eigenvalue weighted by Crippen LogP contribution is 2.26. The molecule has 0 spiro atoms. The molecular weight excluding hydrogens is 242 g/mol. The molecule has 0 heterocycles. The minimum absolute atomic E-state index is 0.0637. The fraction of sp³-hybridized carbons (Fsp3) is 0.200. The van der Waals surface area contributed by atoms with Gasteiger partial charge in [-0.1, -0.05) is 0 Å². The zero-order chi connectivity index (χ0) is 13.9. The normalized spacial score (nSPS) is 11.6. The molecule has 0 fully saturated rings. The minimum atomic E-state index is -1.22. The molecule has 0 saturated heterocycles. The number of carbonyl (C=O) groups excluding carboxylic acids is 1. The summed E-state index contributed by atoms with van der Waals surface area (Å²) in [6.07, 6.45) is 0. The molecule has 0 radical (unpaired) electrons. The molecule has 0 aliphatic rings. The molecule has 0 bridgehead atoms. The minimum Gasteiger partial charge on any atom is -0.478 e. The largest absolute Gasteiger partial charge is 0.478 e. The molecule has 18 heavy (non-hydrogen) atoms. The SMILES string of the molecule is CC(Nc1cc(C(=O)O)ccc1[N+](=O)[O-])C(N)=O. The molecule has 8 nitrogen and oxygen atoms in total. The number of carboxylic acids is 1. The summed E-state index contributed by atoms with van der Waals surface area (Å²) in [6.45, 7) is 1.42. The lowest BCUT2D eigenvalue weighted by atomic mass is 10.1. The first-order valence-corrected chi connectivity index (χ1v) is 4.90. The van der Waals surface area contributed by atoms with Crippen molar-refractivity contribution in [3.8, 4) is 0 Å². The smallest absolute Gasteiger partial charge is 0.335 e. The van der Waals surface area contributed by atoms with E-state index in [-0.39, 0.29) is 16.9 Å². The number of primary amides is 1. The lowest BCUT2D eigenvalue weighted by molar-refractivity contribution is -0.384. The van der Waals surface area contributed by atoms with E-state index >= 15 is 0 Å². The third-order valence-electron chi connectivity index (χ3n) is 2.24. The fourth-order valence-corrected chi connectivity index (χ4v) is 1.25. The number of nitrogens with zero attached hydrogens (tertiary/aromatic N) is 1. The van der Waals surface area contributed by atoms with E-state index in [2.05, 4.69) is 5.32 Å². The summed E-state index contributed by atoms with van der Waals surface area (Å²) in [6, 6.07) is 2.40. The number of carbonyl (C=O) groups is 2. The Hall–Kier alpha value is -2.64. The Kier molecular flexibility index (Phi) is 3.82. The van der Waals surface area contributed by atoms with Crippen LogP contribution in [0.4, 0.5) is 11.4 Å². The van der Waals surface area contributed by atoms with Crippen LogP contribution in [0, 0.1) is 10.1 Å². The third kappa shape index (κ3) is 2.94. The average molecular weight is 253 g/mol. The van der Waals surface area contributed by atoms with E-state index in [0.717, 1.165) is 18.2 Å². The number of nitro groups is 1. The van der Waals surface area contributed by atoms with Gasteiger partial charge in [0.25, 0.3) is 5.69 Å². The number of anilines is 1. The van der Waals surface area contributed by atoms with Gasteiger partial charge in [-0.3, -0.25) is 14.9 Å². The molecule has 1 aromatic rings. The summed E-state index contributed by atoms with van der Waals surface area (Å²) in [5.41, 5.74) is 4.51. The van der Waals surface area contributed by atoms with Gasteiger partial charge in [0.15, 0.2) is 0 Å². The van der Waals surface area contributed by atoms with Crippen molar-refractivity contribution in [2.75, 3.05) is 5.32 Å². The number of hydrogen-bond donors (Lipinski definition) is 3. The summed E-state index contributed by atoms with van der Waals surface area (Å²) in [4.78, 5) is 31.7. The maximum absolute atomic E-state index is 10.9. The molecule has 4 N–H and O–H groups in total. The molecule has 0 aliphatic heterocycles. The van der Waals surface area contributed by atoms with Crippen molar-refractivity contribution in [1.29, 1.82) is 0 Å². The first-order valence-electron chi connectivity index (χ1n) is 4.90. The van der Waals surface area contributed by atoms with Crippen molar-refractivity contribution in [2.24, 2.45) is 5.73 Å². The lowest BCUT2D eigenvalue weighted by Crippen LogP contribution is -2.32. The van der Waals surface area contributed by atoms with Gasteiger partial charge in [-0.25, -0.2) is 4.79 Å². The van der Waals surface area contributed by atoms with Crippen LogP contribution in [0.3, 0.4) is 0 Å². The number of nitro benzene ring substituents is 1. The summed E-state index contributed by atoms with van der Waals surface area (Å²) in [5, 5.41) is 22.1. The molecule has 0 saturated carbocycles. The molecule has 1 atom stereocenters. The molecule has 1 rings (SSSR count). The molecule has 8 heteroatoms. The summed E-state index contributed by atoms with van der Waals surface area (Å²) < 4.78 is 0. The Morgan fingerprint density at radius 1 is 1.50 bits per heavy atom. The van der Waals surface area contributed by atoms with Crippen molar-refractivity contribution in [1.82, 2.24) is 0 Å². The zero-order valence-corrected chi connectivity index (χ0v) is 9.41. The van der Waals surface area contributed by atoms with Crippen molar-refractivity contribution in [3.05, 3.63) is 33.9 Å². The van der Waals surface area contributed by atoms with E-state index in [9.17, 15) is 19.7 Å². The van der Waals surface area contributed by atoms with E-state index < -0.39 is 22.8 Å². The molecule has 0 aliphatic carbocycles. The van der Waals surface area contributed by atoms with Crippen LogP contribution < -0.4 is 11.1 Å². The molecule has 1 aromatic carbocycles. The summed E-state index contributed by atoms with van der Waals surface area (Å²) in [5.74, 6) is -1.93. The van der Waals surface area contributed by atoms with Crippen molar-refractivity contribution < 1.29 is 19.6 Å². The van der Waals surface area contributed by atoms with Gasteiger partial charge in [0.05, 0.1) is 10.5 Å². The van der Waals surface area contributed by atoms with E-state index in [1.807, 2.05) is 0 Å². The number of benzene rings is 1. The van der Waals surface area contributed by atoms with Gasteiger partial charge in [0.1, 0.15) is 11.7 Å². The molecule has 96 valence electrons. The predicted octanol–water partition coefficient (Wildman–Crippen LogP) is 0.579. The van der Waals surface area contributed by atoms with E-state index in [0.29, 0.717) is 0 Å². The standard InChI is InChI=1S/C10H11N3O5/c1-5(9(11)14)12-7-4-6(10(15)16)2-3-8(7)13(17)18/h2-5,12H,1H3,(H2,11,14)(H,15,16). The van der Waals surface area contributed by atoms with Crippen molar-refractivity contribution in [2.45, 2.75) is 13.0 Å². The Bertz CT molecular complexity index is 514. The van der Waals surface area contributed by atoms with Gasteiger partial charge in [-0.05, 0) is 19.1 Å². The van der Waals surface area contributed by atoms with Crippen LogP contribution in [0.1, 0.15) is 17.3 Å². The van der Waals surface area contributed by atoms with Gasteiger partial charge in [0.2, 0.25) is 5.91 Å². The fourth-order valence-electron chi connectivity index (χ4n) is 1.25. The van der Waals surface area contributed by atoms with Crippen LogP contribution in [-0.2, 0) is 4.79 Å². The first kappa shape index (κ1) is 13.4. The Morgan fingerprint density at radius 2 is 2.11 bits per heavy atom. The van der Waals surface area contributed by atoms with Crippen LogP contribution in [-0.4, -0.2) is 27.9 Å². The zero-order valence-electron chi connectivity index (χ0n) is 9.41. The number of nitrogens with two attached hydrogens (primary N) is 1. The number of aromatic carboxylic acids is 1. The van der Waals surface area contributed by atoms with Gasteiger partial charge in [-0.2, -0.15) is 0 Å². The Balaban J connectivity index is 3.19. The topological polar surface area (TPSA) is 136 Å². The molecule has 0 aromatic heterocycles. The van der Waals surface area contributed by atoms with E-state index in [1.165, 1.54) is 6.92 Å². The van der Waals surface area contributed by atoms with Crippen LogP contribution in [0.25, 0.3) is 0 Å². The van der Waals surface area contributed by atoms with Crippen LogP contribution in [0.15, 0.2) is 18.2 Å². The molecule has 1 unspecified atom stereocenters. The average Bonchev–Trinajstić information content (AvgIpc) is 2.28. The number of carboxylic acid groups (broad SMARTS) is 1. The first-order chi connectivity index (χ1) is 8.32. The lowest BCUT2D eigenvalue weighted by Gasteiger charge is -2.12.